The lowest BCUT2D eigenvalue weighted by atomic mass is 10.1. The summed E-state index contributed by atoms with van der Waals surface area (Å²) in [6.07, 6.45) is 5.32. The number of aliphatic hydroxyl groups is 1. The molecule has 3 rings (SSSR count). The van der Waals surface area contributed by atoms with Gasteiger partial charge >= 0.3 is 0 Å². The Morgan fingerprint density at radius 2 is 1.78 bits per heavy atom. The predicted molar refractivity (Wildman–Crippen MR) is 89.1 cm³/mol. The number of benzene rings is 1. The van der Waals surface area contributed by atoms with E-state index in [1.165, 1.54) is 32.4 Å². The van der Waals surface area contributed by atoms with Gasteiger partial charge in [-0.05, 0) is 37.0 Å². The second-order valence-electron chi connectivity index (χ2n) is 6.47. The maximum atomic E-state index is 10.3. The molecule has 1 aliphatic rings. The fourth-order valence-corrected chi connectivity index (χ4v) is 3.56. The van der Waals surface area contributed by atoms with Gasteiger partial charge in [-0.3, -0.25) is 0 Å². The molecule has 1 aromatic carbocycles. The SMILES string of the molecule is O[C@@H](C[NH2+]C[C@@H](c1ccco1)[NH+]1CCCCC1)c1ccccc1. The van der Waals surface area contributed by atoms with Crippen LogP contribution < -0.4 is 10.2 Å². The lowest BCUT2D eigenvalue weighted by molar-refractivity contribution is -0.950. The summed E-state index contributed by atoms with van der Waals surface area (Å²) < 4.78 is 5.69. The van der Waals surface area contributed by atoms with Crippen LogP contribution in [-0.4, -0.2) is 31.3 Å². The minimum absolute atomic E-state index is 0.383. The molecule has 4 N–H and O–H groups in total. The van der Waals surface area contributed by atoms with Crippen molar-refractivity contribution in [1.29, 1.82) is 0 Å². The first-order chi connectivity index (χ1) is 11.3. The van der Waals surface area contributed by atoms with Gasteiger partial charge in [0.05, 0.1) is 19.4 Å². The van der Waals surface area contributed by atoms with E-state index >= 15 is 0 Å². The van der Waals surface area contributed by atoms with Crippen molar-refractivity contribution in [1.82, 2.24) is 0 Å². The zero-order valence-electron chi connectivity index (χ0n) is 13.7. The van der Waals surface area contributed by atoms with Gasteiger partial charge in [-0.1, -0.05) is 30.3 Å². The molecule has 2 atom stereocenters. The average molecular weight is 316 g/mol. The van der Waals surface area contributed by atoms with E-state index in [-0.39, 0.29) is 0 Å². The Hall–Kier alpha value is -1.62. The van der Waals surface area contributed by atoms with Crippen molar-refractivity contribution in [2.24, 2.45) is 0 Å². The topological polar surface area (TPSA) is 54.4 Å². The summed E-state index contributed by atoms with van der Waals surface area (Å²) in [7, 11) is 0. The highest BCUT2D eigenvalue weighted by Crippen LogP contribution is 2.11. The second kappa shape index (κ2) is 8.29. The molecule has 0 saturated carbocycles. The maximum absolute atomic E-state index is 10.3. The predicted octanol–water partition coefficient (Wildman–Crippen LogP) is 0.687. The molecule has 23 heavy (non-hydrogen) atoms. The van der Waals surface area contributed by atoms with Crippen molar-refractivity contribution in [2.45, 2.75) is 31.4 Å². The highest BCUT2D eigenvalue weighted by atomic mass is 16.3. The van der Waals surface area contributed by atoms with E-state index < -0.39 is 6.10 Å². The zero-order valence-corrected chi connectivity index (χ0v) is 13.7. The Kier molecular flexibility index (Phi) is 5.86. The molecule has 1 aliphatic heterocycles. The molecule has 0 aliphatic carbocycles. The summed E-state index contributed by atoms with van der Waals surface area (Å²) in [5.74, 6) is 1.08. The minimum Gasteiger partial charge on any atom is -0.463 e. The quantitative estimate of drug-likeness (QED) is 0.704. The number of aliphatic hydroxyl groups excluding tert-OH is 1. The van der Waals surface area contributed by atoms with Gasteiger partial charge in [0, 0.05) is 0 Å². The monoisotopic (exact) mass is 316 g/mol. The Morgan fingerprint density at radius 1 is 1.00 bits per heavy atom. The molecule has 1 aromatic heterocycles. The molecule has 0 unspecified atom stereocenters. The Balaban J connectivity index is 1.56. The fourth-order valence-electron chi connectivity index (χ4n) is 3.56. The molecule has 124 valence electrons. The third-order valence-corrected chi connectivity index (χ3v) is 4.85. The maximum Gasteiger partial charge on any atom is 0.195 e. The number of nitrogens with two attached hydrogens (primary N) is 1. The number of quaternary nitrogens is 2. The molecule has 4 nitrogen and oxygen atoms in total. The van der Waals surface area contributed by atoms with Gasteiger partial charge in [0.15, 0.2) is 11.8 Å². The number of hydrogen-bond donors (Lipinski definition) is 3. The summed E-state index contributed by atoms with van der Waals surface area (Å²) in [5, 5.41) is 12.5. The number of likely N-dealkylation sites (tertiary alicyclic amines) is 1. The van der Waals surface area contributed by atoms with E-state index in [1.54, 1.807) is 11.2 Å². The third kappa shape index (κ3) is 4.44. The highest BCUT2D eigenvalue weighted by Gasteiger charge is 2.29. The lowest BCUT2D eigenvalue weighted by Crippen LogP contribution is -3.15. The fraction of sp³-hybridized carbons (Fsp3) is 0.474. The van der Waals surface area contributed by atoms with Crippen molar-refractivity contribution in [3.05, 3.63) is 60.1 Å². The van der Waals surface area contributed by atoms with Crippen LogP contribution in [0.1, 0.15) is 42.7 Å². The Morgan fingerprint density at radius 3 is 2.48 bits per heavy atom. The first kappa shape index (κ1) is 16.2. The molecule has 0 bridgehead atoms. The van der Waals surface area contributed by atoms with Crippen LogP contribution in [0.15, 0.2) is 53.1 Å². The molecular weight excluding hydrogens is 288 g/mol. The first-order valence-corrected chi connectivity index (χ1v) is 8.77. The first-order valence-electron chi connectivity index (χ1n) is 8.77. The van der Waals surface area contributed by atoms with Crippen molar-refractivity contribution in [3.63, 3.8) is 0 Å². The molecule has 2 heterocycles. The van der Waals surface area contributed by atoms with E-state index in [2.05, 4.69) is 11.4 Å². The Bertz CT molecular complexity index is 550. The largest absolute Gasteiger partial charge is 0.463 e. The van der Waals surface area contributed by atoms with Crippen LogP contribution in [0, 0.1) is 0 Å². The van der Waals surface area contributed by atoms with Gasteiger partial charge in [-0.15, -0.1) is 0 Å². The molecular formula is C19H28N2O2+2. The summed E-state index contributed by atoms with van der Waals surface area (Å²) in [6.45, 7) is 4.09. The van der Waals surface area contributed by atoms with Gasteiger partial charge in [0.1, 0.15) is 19.2 Å². The molecule has 1 fully saturated rings. The van der Waals surface area contributed by atoms with Gasteiger partial charge in [-0.2, -0.15) is 0 Å². The van der Waals surface area contributed by atoms with Crippen LogP contribution in [0.25, 0.3) is 0 Å². The van der Waals surface area contributed by atoms with Crippen molar-refractivity contribution in [3.8, 4) is 0 Å². The average Bonchev–Trinajstić information content (AvgIpc) is 3.14. The van der Waals surface area contributed by atoms with Crippen LogP contribution in [0.2, 0.25) is 0 Å². The second-order valence-corrected chi connectivity index (χ2v) is 6.47. The van der Waals surface area contributed by atoms with E-state index in [1.807, 2.05) is 36.4 Å². The van der Waals surface area contributed by atoms with Crippen LogP contribution in [0.3, 0.4) is 0 Å². The molecule has 4 heteroatoms. The number of rotatable bonds is 7. The summed E-state index contributed by atoms with van der Waals surface area (Å²) in [6, 6.07) is 14.3. The lowest BCUT2D eigenvalue weighted by Gasteiger charge is -2.29. The van der Waals surface area contributed by atoms with Gasteiger partial charge in [0.2, 0.25) is 0 Å². The normalized spacial score (nSPS) is 18.7. The van der Waals surface area contributed by atoms with Gasteiger partial charge < -0.3 is 19.7 Å². The standard InChI is InChI=1S/C19H26N2O2/c22-18(16-8-3-1-4-9-16)15-20-14-17(19-10-7-13-23-19)21-11-5-2-6-12-21/h1,3-4,7-10,13,17-18,20,22H,2,5-6,11-12,14-15H2/p+2/t17-,18-/m0/s1. The van der Waals surface area contributed by atoms with Gasteiger partial charge in [-0.25, -0.2) is 0 Å². The van der Waals surface area contributed by atoms with Crippen LogP contribution in [-0.2, 0) is 0 Å². The van der Waals surface area contributed by atoms with Crippen LogP contribution >= 0.6 is 0 Å². The Labute approximate surface area is 138 Å². The number of piperidine rings is 1. The number of hydrogen-bond acceptors (Lipinski definition) is 2. The van der Waals surface area contributed by atoms with Crippen LogP contribution in [0.4, 0.5) is 0 Å². The molecule has 1 saturated heterocycles. The molecule has 0 radical (unpaired) electrons. The van der Waals surface area contributed by atoms with Crippen LogP contribution in [0.5, 0.6) is 0 Å². The van der Waals surface area contributed by atoms with E-state index in [4.69, 9.17) is 4.42 Å². The van der Waals surface area contributed by atoms with E-state index in [0.29, 0.717) is 12.6 Å². The van der Waals surface area contributed by atoms with Crippen molar-refractivity contribution < 1.29 is 19.7 Å². The third-order valence-electron chi connectivity index (χ3n) is 4.85. The van der Waals surface area contributed by atoms with Gasteiger partial charge in [0.25, 0.3) is 0 Å². The highest BCUT2D eigenvalue weighted by molar-refractivity contribution is 5.17. The van der Waals surface area contributed by atoms with E-state index in [9.17, 15) is 5.11 Å². The summed E-state index contributed by atoms with van der Waals surface area (Å²) in [4.78, 5) is 1.62. The van der Waals surface area contributed by atoms with Crippen molar-refractivity contribution >= 4 is 0 Å². The smallest absolute Gasteiger partial charge is 0.195 e. The molecule has 2 aromatic rings. The van der Waals surface area contributed by atoms with E-state index in [0.717, 1.165) is 17.9 Å². The summed E-state index contributed by atoms with van der Waals surface area (Å²) in [5.41, 5.74) is 0.989. The minimum atomic E-state index is -0.412. The molecule has 0 amide bonds. The number of nitrogens with one attached hydrogen (secondary N) is 1. The van der Waals surface area contributed by atoms with Crippen molar-refractivity contribution in [2.75, 3.05) is 26.2 Å². The number of furan rings is 1. The molecule has 0 spiro atoms. The zero-order chi connectivity index (χ0) is 15.9. The summed E-state index contributed by atoms with van der Waals surface area (Å²) >= 11 is 0.